The highest BCUT2D eigenvalue weighted by atomic mass is 32.2. The molecule has 3 aromatic rings. The zero-order valence-electron chi connectivity index (χ0n) is 21.0. The quantitative estimate of drug-likeness (QED) is 0.466. The van der Waals surface area contributed by atoms with Crippen molar-refractivity contribution in [2.45, 2.75) is 17.9 Å². The molecule has 1 saturated heterocycles. The molecule has 0 aliphatic carbocycles. The minimum atomic E-state index is -3.52. The van der Waals surface area contributed by atoms with Crippen LogP contribution in [0.4, 0.5) is 0 Å². The van der Waals surface area contributed by atoms with Crippen molar-refractivity contribution in [3.8, 4) is 5.75 Å². The summed E-state index contributed by atoms with van der Waals surface area (Å²) in [5.41, 5.74) is 3.15. The molecule has 7 nitrogen and oxygen atoms in total. The molecule has 0 N–H and O–H groups in total. The van der Waals surface area contributed by atoms with Gasteiger partial charge < -0.3 is 9.64 Å². The van der Waals surface area contributed by atoms with Crippen LogP contribution in [0.15, 0.2) is 83.8 Å². The number of aryl methyl sites for hydroxylation is 1. The van der Waals surface area contributed by atoms with Crippen LogP contribution in [0.3, 0.4) is 0 Å². The maximum absolute atomic E-state index is 12.9. The van der Waals surface area contributed by atoms with Crippen molar-refractivity contribution in [1.29, 1.82) is 0 Å². The first-order chi connectivity index (χ1) is 17.3. The van der Waals surface area contributed by atoms with Gasteiger partial charge in [0.15, 0.2) is 6.61 Å². The largest absolute Gasteiger partial charge is 0.483 e. The predicted octanol–water partition coefficient (Wildman–Crippen LogP) is 3.56. The molecule has 3 aromatic carbocycles. The third kappa shape index (κ3) is 5.78. The second kappa shape index (κ2) is 11.2. The zero-order valence-corrected chi connectivity index (χ0v) is 21.8. The van der Waals surface area contributed by atoms with Crippen molar-refractivity contribution in [2.75, 3.05) is 46.9 Å². The molecule has 1 aliphatic rings. The molecule has 0 saturated carbocycles. The summed E-state index contributed by atoms with van der Waals surface area (Å²) in [4.78, 5) is 17.4. The van der Waals surface area contributed by atoms with Crippen LogP contribution in [-0.2, 0) is 14.8 Å². The van der Waals surface area contributed by atoms with Gasteiger partial charge in [-0.15, -0.1) is 0 Å². The highest BCUT2D eigenvalue weighted by Crippen LogP contribution is 2.29. The molecule has 190 valence electrons. The lowest BCUT2D eigenvalue weighted by Crippen LogP contribution is -2.51. The zero-order chi connectivity index (χ0) is 25.7. The van der Waals surface area contributed by atoms with Crippen LogP contribution in [0.1, 0.15) is 22.7 Å². The van der Waals surface area contributed by atoms with Crippen molar-refractivity contribution >= 4 is 15.9 Å². The van der Waals surface area contributed by atoms with Gasteiger partial charge in [0, 0.05) is 40.3 Å². The fourth-order valence-electron chi connectivity index (χ4n) is 4.50. The number of carbonyl (C=O) groups is 1. The van der Waals surface area contributed by atoms with E-state index in [0.29, 0.717) is 24.4 Å². The normalized spacial score (nSPS) is 14.9. The molecule has 1 heterocycles. The summed E-state index contributed by atoms with van der Waals surface area (Å²) in [6, 6.07) is 25.7. The number of rotatable bonds is 8. The van der Waals surface area contributed by atoms with E-state index in [1.54, 1.807) is 19.1 Å². The molecule has 1 amide bonds. The molecule has 0 unspecified atom stereocenters. The number of hydrogen-bond donors (Lipinski definition) is 0. The fraction of sp³-hybridized carbons (Fsp3) is 0.321. The Hall–Kier alpha value is -3.20. The lowest BCUT2D eigenvalue weighted by molar-refractivity contribution is -0.135. The Labute approximate surface area is 214 Å². The Balaban J connectivity index is 1.37. The van der Waals surface area contributed by atoms with Crippen molar-refractivity contribution < 1.29 is 17.9 Å². The van der Waals surface area contributed by atoms with Crippen LogP contribution >= 0.6 is 0 Å². The minimum absolute atomic E-state index is 0.0741. The molecule has 8 heteroatoms. The Kier molecular flexibility index (Phi) is 8.08. The second-order valence-corrected chi connectivity index (χ2v) is 11.3. The van der Waals surface area contributed by atoms with Crippen LogP contribution in [0.5, 0.6) is 5.75 Å². The summed E-state index contributed by atoms with van der Waals surface area (Å²) < 4.78 is 31.6. The first-order valence-corrected chi connectivity index (χ1v) is 13.5. The van der Waals surface area contributed by atoms with Crippen molar-refractivity contribution in [2.24, 2.45) is 0 Å². The summed E-state index contributed by atoms with van der Waals surface area (Å²) >= 11 is 0. The highest BCUT2D eigenvalue weighted by molar-refractivity contribution is 7.89. The summed E-state index contributed by atoms with van der Waals surface area (Å²) in [6.07, 6.45) is 0. The number of ether oxygens (including phenoxy) is 1. The van der Waals surface area contributed by atoms with Crippen molar-refractivity contribution in [1.82, 2.24) is 14.1 Å². The average molecular weight is 508 g/mol. The molecule has 0 radical (unpaired) electrons. The van der Waals surface area contributed by atoms with E-state index < -0.39 is 10.0 Å². The Bertz CT molecular complexity index is 1230. The first-order valence-electron chi connectivity index (χ1n) is 12.0. The molecule has 0 atom stereocenters. The first kappa shape index (κ1) is 25.9. The van der Waals surface area contributed by atoms with Gasteiger partial charge in [0.05, 0.1) is 10.9 Å². The number of hydrogen-bond acceptors (Lipinski definition) is 5. The van der Waals surface area contributed by atoms with Crippen LogP contribution in [-0.4, -0.2) is 75.3 Å². The molecule has 0 spiro atoms. The number of benzene rings is 3. The van der Waals surface area contributed by atoms with Crippen LogP contribution in [0.2, 0.25) is 0 Å². The van der Waals surface area contributed by atoms with E-state index in [4.69, 9.17) is 4.74 Å². The standard InChI is InChI=1S/C28H33N3O4S/c1-22-20-25(36(33,34)29(2)3)14-15-26(22)35-21-27(32)30-16-18-31(19-17-30)28(23-10-6-4-7-11-23)24-12-8-5-9-13-24/h4-15,20,28H,16-19,21H2,1-3H3. The van der Waals surface area contributed by atoms with E-state index in [-0.39, 0.29) is 23.5 Å². The van der Waals surface area contributed by atoms with Gasteiger partial charge in [-0.2, -0.15) is 0 Å². The SMILES string of the molecule is Cc1cc(S(=O)(=O)N(C)C)ccc1OCC(=O)N1CCN(C(c2ccccc2)c2ccccc2)CC1. The van der Waals surface area contributed by atoms with Crippen molar-refractivity contribution in [3.63, 3.8) is 0 Å². The number of nitrogens with zero attached hydrogens (tertiary/aromatic N) is 3. The molecule has 0 aromatic heterocycles. The summed E-state index contributed by atoms with van der Waals surface area (Å²) in [5, 5.41) is 0. The molecule has 1 aliphatic heterocycles. The molecule has 4 rings (SSSR count). The highest BCUT2D eigenvalue weighted by Gasteiger charge is 2.28. The predicted molar refractivity (Wildman–Crippen MR) is 140 cm³/mol. The van der Waals surface area contributed by atoms with E-state index >= 15 is 0 Å². The number of sulfonamides is 1. The van der Waals surface area contributed by atoms with E-state index in [1.807, 2.05) is 17.0 Å². The Morgan fingerprint density at radius 1 is 0.889 bits per heavy atom. The summed E-state index contributed by atoms with van der Waals surface area (Å²) in [5.74, 6) is 0.433. The summed E-state index contributed by atoms with van der Waals surface area (Å²) in [7, 11) is -0.528. The van der Waals surface area contributed by atoms with Crippen LogP contribution < -0.4 is 4.74 Å². The van der Waals surface area contributed by atoms with Gasteiger partial charge in [-0.05, 0) is 41.8 Å². The molecule has 36 heavy (non-hydrogen) atoms. The lowest BCUT2D eigenvalue weighted by Gasteiger charge is -2.39. The Morgan fingerprint density at radius 2 is 1.44 bits per heavy atom. The van der Waals surface area contributed by atoms with Crippen LogP contribution in [0, 0.1) is 6.92 Å². The molecule has 1 fully saturated rings. The van der Waals surface area contributed by atoms with Crippen LogP contribution in [0.25, 0.3) is 0 Å². The van der Waals surface area contributed by atoms with Gasteiger partial charge in [-0.3, -0.25) is 9.69 Å². The summed E-state index contributed by atoms with van der Waals surface area (Å²) in [6.45, 7) is 4.46. The average Bonchev–Trinajstić information content (AvgIpc) is 2.89. The molecule has 0 bridgehead atoms. The topological polar surface area (TPSA) is 70.2 Å². The third-order valence-corrected chi connectivity index (χ3v) is 8.35. The van der Waals surface area contributed by atoms with E-state index in [0.717, 1.165) is 13.1 Å². The van der Waals surface area contributed by atoms with E-state index in [1.165, 1.54) is 35.6 Å². The van der Waals surface area contributed by atoms with E-state index in [9.17, 15) is 13.2 Å². The van der Waals surface area contributed by atoms with Gasteiger partial charge >= 0.3 is 0 Å². The molecular weight excluding hydrogens is 474 g/mol. The van der Waals surface area contributed by atoms with Gasteiger partial charge in [0.2, 0.25) is 10.0 Å². The van der Waals surface area contributed by atoms with Gasteiger partial charge in [0.1, 0.15) is 5.75 Å². The fourth-order valence-corrected chi connectivity index (χ4v) is 5.49. The Morgan fingerprint density at radius 3 is 1.94 bits per heavy atom. The minimum Gasteiger partial charge on any atom is -0.483 e. The third-order valence-electron chi connectivity index (χ3n) is 6.54. The molecular formula is C28H33N3O4S. The second-order valence-electron chi connectivity index (χ2n) is 9.14. The monoisotopic (exact) mass is 507 g/mol. The van der Waals surface area contributed by atoms with Gasteiger partial charge in [0.25, 0.3) is 5.91 Å². The van der Waals surface area contributed by atoms with Gasteiger partial charge in [-0.25, -0.2) is 12.7 Å². The maximum Gasteiger partial charge on any atom is 0.260 e. The number of amides is 1. The lowest BCUT2D eigenvalue weighted by atomic mass is 9.96. The maximum atomic E-state index is 12.9. The number of piperazine rings is 1. The van der Waals surface area contributed by atoms with Crippen molar-refractivity contribution in [3.05, 3.63) is 95.6 Å². The van der Waals surface area contributed by atoms with Gasteiger partial charge in [-0.1, -0.05) is 60.7 Å². The van der Waals surface area contributed by atoms with E-state index in [2.05, 4.69) is 53.4 Å². The number of carbonyl (C=O) groups excluding carboxylic acids is 1. The smallest absolute Gasteiger partial charge is 0.260 e.